The highest BCUT2D eigenvalue weighted by atomic mass is 16.6. The van der Waals surface area contributed by atoms with Crippen molar-refractivity contribution in [3.8, 4) is 17.2 Å². The van der Waals surface area contributed by atoms with Crippen molar-refractivity contribution in [2.75, 3.05) is 11.9 Å². The summed E-state index contributed by atoms with van der Waals surface area (Å²) in [6.45, 7) is 2.63. The molecule has 0 spiro atoms. The van der Waals surface area contributed by atoms with Crippen LogP contribution in [0.2, 0.25) is 0 Å². The molecular formula is C19H18N6O3. The van der Waals surface area contributed by atoms with E-state index in [9.17, 15) is 0 Å². The van der Waals surface area contributed by atoms with Gasteiger partial charge in [0.25, 0.3) is 5.89 Å². The van der Waals surface area contributed by atoms with Crippen molar-refractivity contribution in [2.24, 2.45) is 0 Å². The Balaban J connectivity index is 1.40. The van der Waals surface area contributed by atoms with Crippen LogP contribution in [0.15, 0.2) is 57.8 Å². The minimum Gasteiger partial charge on any atom is -0.485 e. The van der Waals surface area contributed by atoms with Crippen LogP contribution < -0.4 is 9.64 Å². The Morgan fingerprint density at radius 2 is 1.89 bits per heavy atom. The number of pyridine rings is 1. The van der Waals surface area contributed by atoms with Gasteiger partial charge in [-0.2, -0.15) is 4.98 Å². The quantitative estimate of drug-likeness (QED) is 0.480. The minimum absolute atomic E-state index is 0.229. The molecule has 4 rings (SSSR count). The fraction of sp³-hybridized carbons (Fsp3) is 0.211. The maximum absolute atomic E-state index is 5.63. The normalized spacial score (nSPS) is 10.8. The molecule has 0 radical (unpaired) electrons. The van der Waals surface area contributed by atoms with Gasteiger partial charge < -0.3 is 14.2 Å². The Bertz CT molecular complexity index is 1030. The van der Waals surface area contributed by atoms with Crippen molar-refractivity contribution in [1.29, 1.82) is 0 Å². The van der Waals surface area contributed by atoms with Crippen LogP contribution in [0.25, 0.3) is 11.5 Å². The van der Waals surface area contributed by atoms with E-state index in [2.05, 4.69) is 25.4 Å². The van der Waals surface area contributed by atoms with Gasteiger partial charge in [-0.1, -0.05) is 33.7 Å². The molecule has 3 aromatic heterocycles. The zero-order valence-corrected chi connectivity index (χ0v) is 15.4. The first-order valence-electron chi connectivity index (χ1n) is 8.65. The SMILES string of the molecule is Cc1nonc1CN(C)c1ccc(-c2nc(COc3ccccc3)no2)cn1. The number of hydrogen-bond acceptors (Lipinski definition) is 9. The molecule has 0 saturated carbocycles. The topological polar surface area (TPSA) is 103 Å². The van der Waals surface area contributed by atoms with Crippen molar-refractivity contribution in [3.63, 3.8) is 0 Å². The summed E-state index contributed by atoms with van der Waals surface area (Å²) in [5.74, 6) is 2.39. The molecule has 0 aliphatic heterocycles. The third kappa shape index (κ3) is 3.98. The van der Waals surface area contributed by atoms with E-state index >= 15 is 0 Å². The molecule has 1 aromatic carbocycles. The lowest BCUT2D eigenvalue weighted by molar-refractivity contribution is 0.287. The highest BCUT2D eigenvalue weighted by Gasteiger charge is 2.13. The molecule has 4 aromatic rings. The second-order valence-electron chi connectivity index (χ2n) is 6.17. The van der Waals surface area contributed by atoms with Crippen LogP contribution in [0, 0.1) is 6.92 Å². The molecule has 0 amide bonds. The number of aromatic nitrogens is 5. The zero-order chi connectivity index (χ0) is 19.3. The molecule has 142 valence electrons. The van der Waals surface area contributed by atoms with E-state index in [0.717, 1.165) is 28.5 Å². The van der Waals surface area contributed by atoms with Gasteiger partial charge >= 0.3 is 0 Å². The van der Waals surface area contributed by atoms with Crippen LogP contribution in [0.4, 0.5) is 5.82 Å². The zero-order valence-electron chi connectivity index (χ0n) is 15.4. The lowest BCUT2D eigenvalue weighted by Crippen LogP contribution is -2.18. The summed E-state index contributed by atoms with van der Waals surface area (Å²) in [7, 11) is 1.92. The van der Waals surface area contributed by atoms with Crippen LogP contribution in [0.3, 0.4) is 0 Å². The second kappa shape index (κ2) is 7.87. The molecule has 0 fully saturated rings. The van der Waals surface area contributed by atoms with E-state index in [1.807, 2.05) is 61.3 Å². The van der Waals surface area contributed by atoms with Crippen molar-refractivity contribution in [2.45, 2.75) is 20.1 Å². The minimum atomic E-state index is 0.229. The van der Waals surface area contributed by atoms with Gasteiger partial charge in [-0.3, -0.25) is 0 Å². The van der Waals surface area contributed by atoms with Gasteiger partial charge in [-0.15, -0.1) is 0 Å². The maximum atomic E-state index is 5.63. The van der Waals surface area contributed by atoms with Crippen LogP contribution in [-0.4, -0.2) is 32.5 Å². The Hall–Kier alpha value is -3.75. The second-order valence-corrected chi connectivity index (χ2v) is 6.17. The Labute approximate surface area is 160 Å². The van der Waals surface area contributed by atoms with Crippen LogP contribution in [0.1, 0.15) is 17.2 Å². The smallest absolute Gasteiger partial charge is 0.259 e. The fourth-order valence-electron chi connectivity index (χ4n) is 2.53. The molecular weight excluding hydrogens is 360 g/mol. The number of hydrogen-bond donors (Lipinski definition) is 0. The largest absolute Gasteiger partial charge is 0.485 e. The van der Waals surface area contributed by atoms with Crippen LogP contribution >= 0.6 is 0 Å². The van der Waals surface area contributed by atoms with Gasteiger partial charge in [0.05, 0.1) is 12.1 Å². The van der Waals surface area contributed by atoms with Crippen molar-refractivity contribution in [3.05, 3.63) is 65.9 Å². The summed E-state index contributed by atoms with van der Waals surface area (Å²) in [6.07, 6.45) is 1.69. The van der Waals surface area contributed by atoms with Gasteiger partial charge in [-0.05, 0) is 31.2 Å². The Morgan fingerprint density at radius 3 is 2.61 bits per heavy atom. The lowest BCUT2D eigenvalue weighted by atomic mass is 10.2. The number of anilines is 1. The summed E-state index contributed by atoms with van der Waals surface area (Å²) in [6, 6.07) is 13.2. The molecule has 9 heteroatoms. The molecule has 0 aliphatic rings. The third-order valence-corrected chi connectivity index (χ3v) is 4.10. The average molecular weight is 378 g/mol. The summed E-state index contributed by atoms with van der Waals surface area (Å²) in [4.78, 5) is 10.8. The van der Waals surface area contributed by atoms with Gasteiger partial charge in [0.1, 0.15) is 23.0 Å². The molecule has 0 aliphatic carbocycles. The molecule has 0 N–H and O–H groups in total. The number of rotatable bonds is 7. The third-order valence-electron chi connectivity index (χ3n) is 4.10. The van der Waals surface area contributed by atoms with Crippen LogP contribution in [0.5, 0.6) is 5.75 Å². The first kappa shape index (κ1) is 17.7. The predicted octanol–water partition coefficient (Wildman–Crippen LogP) is 3.04. The molecule has 0 bridgehead atoms. The highest BCUT2D eigenvalue weighted by Crippen LogP contribution is 2.20. The summed E-state index contributed by atoms with van der Waals surface area (Å²) in [5, 5.41) is 11.6. The molecule has 0 unspecified atom stereocenters. The predicted molar refractivity (Wildman–Crippen MR) is 99.4 cm³/mol. The van der Waals surface area contributed by atoms with E-state index in [0.29, 0.717) is 18.3 Å². The van der Waals surface area contributed by atoms with E-state index in [1.165, 1.54) is 0 Å². The highest BCUT2D eigenvalue weighted by molar-refractivity contribution is 5.54. The van der Waals surface area contributed by atoms with Crippen molar-refractivity contribution in [1.82, 2.24) is 25.4 Å². The van der Waals surface area contributed by atoms with Gasteiger partial charge in [0.2, 0.25) is 5.82 Å². The standard InChI is InChI=1S/C19H18N6O3/c1-13-16(23-28-22-13)11-25(2)18-9-8-14(10-20-18)19-21-17(24-27-19)12-26-15-6-4-3-5-7-15/h3-10H,11-12H2,1-2H3. The summed E-state index contributed by atoms with van der Waals surface area (Å²) >= 11 is 0. The Morgan fingerprint density at radius 1 is 1.04 bits per heavy atom. The lowest BCUT2D eigenvalue weighted by Gasteiger charge is -2.16. The average Bonchev–Trinajstić information content (AvgIpc) is 3.37. The number of nitrogens with zero attached hydrogens (tertiary/aromatic N) is 6. The molecule has 0 saturated heterocycles. The van der Waals surface area contributed by atoms with Crippen molar-refractivity contribution < 1.29 is 13.9 Å². The molecule has 0 atom stereocenters. The molecule has 9 nitrogen and oxygen atoms in total. The number of ether oxygens (including phenoxy) is 1. The summed E-state index contributed by atoms with van der Waals surface area (Å²) in [5.41, 5.74) is 2.27. The van der Waals surface area contributed by atoms with E-state index < -0.39 is 0 Å². The first-order valence-corrected chi connectivity index (χ1v) is 8.65. The number of para-hydroxylation sites is 1. The van der Waals surface area contributed by atoms with E-state index in [4.69, 9.17) is 13.9 Å². The monoisotopic (exact) mass is 378 g/mol. The fourth-order valence-corrected chi connectivity index (χ4v) is 2.53. The van der Waals surface area contributed by atoms with Gasteiger partial charge in [-0.25, -0.2) is 9.61 Å². The van der Waals surface area contributed by atoms with E-state index in [-0.39, 0.29) is 6.61 Å². The maximum Gasteiger partial charge on any atom is 0.259 e. The van der Waals surface area contributed by atoms with Crippen molar-refractivity contribution >= 4 is 5.82 Å². The van der Waals surface area contributed by atoms with Gasteiger partial charge in [0, 0.05) is 13.2 Å². The molecule has 3 heterocycles. The van der Waals surface area contributed by atoms with Gasteiger partial charge in [0.15, 0.2) is 6.61 Å². The summed E-state index contributed by atoms with van der Waals surface area (Å²) < 4.78 is 15.7. The number of benzene rings is 1. The Kier molecular flexibility index (Phi) is 4.96. The van der Waals surface area contributed by atoms with Crippen LogP contribution in [-0.2, 0) is 13.2 Å². The van der Waals surface area contributed by atoms with E-state index in [1.54, 1.807) is 6.20 Å². The first-order chi connectivity index (χ1) is 13.7. The molecule has 28 heavy (non-hydrogen) atoms. The number of aryl methyl sites for hydroxylation is 1.